The second-order valence-corrected chi connectivity index (χ2v) is 17.4. The average Bonchev–Trinajstić information content (AvgIpc) is 2.86. The Balaban J connectivity index is 1.64. The maximum Gasteiger partial charge on any atom is 0.127 e. The van der Waals surface area contributed by atoms with Gasteiger partial charge in [-0.05, 0) is 131 Å². The molecule has 0 spiro atoms. The van der Waals surface area contributed by atoms with Gasteiger partial charge in [0.15, 0.2) is 0 Å². The normalized spacial score (nSPS) is 31.3. The van der Waals surface area contributed by atoms with E-state index in [2.05, 4.69) is 81.4 Å². The molecule has 2 heteroatoms. The quantitative estimate of drug-likeness (QED) is 0.385. The highest BCUT2D eigenvalue weighted by atomic mass is 16.3. The summed E-state index contributed by atoms with van der Waals surface area (Å²) in [6.45, 7) is 23.9. The summed E-state index contributed by atoms with van der Waals surface area (Å²) in [7, 11) is 0. The minimum absolute atomic E-state index is 0.0938. The number of benzene rings is 2. The fraction of sp³-hybridized carbons (Fsp3) is 0.700. The van der Waals surface area contributed by atoms with Gasteiger partial charge in [-0.2, -0.15) is 0 Å². The number of hydrogen-bond donors (Lipinski definition) is 2. The zero-order chi connectivity index (χ0) is 30.6. The van der Waals surface area contributed by atoms with Crippen molar-refractivity contribution in [2.75, 3.05) is 0 Å². The van der Waals surface area contributed by atoms with Gasteiger partial charge >= 0.3 is 0 Å². The topological polar surface area (TPSA) is 40.5 Å². The molecule has 42 heavy (non-hydrogen) atoms. The standard InChI is InChI=1S/C40H58O2/c1-23(2)33-25-13-15-31-37(5,6)17-11-19-39(31,9)29(25)21-27(35(33)41)28-22-30-26(34(24(3)4)36(28)42)14-16-32-38(7,8)18-12-20-40(30,32)10/h21-24,31-32,41-42H,11-20H2,1-10H3/t31?,32?,39-,40-/m1/s1. The van der Waals surface area contributed by atoms with Crippen LogP contribution in [0.2, 0.25) is 0 Å². The van der Waals surface area contributed by atoms with Crippen molar-refractivity contribution in [2.45, 2.75) is 156 Å². The van der Waals surface area contributed by atoms with Crippen LogP contribution in [0.25, 0.3) is 11.1 Å². The molecule has 2 aromatic rings. The van der Waals surface area contributed by atoms with Crippen molar-refractivity contribution in [3.05, 3.63) is 45.5 Å². The minimum atomic E-state index is 0.0938. The lowest BCUT2D eigenvalue weighted by atomic mass is 9.49. The Hall–Kier alpha value is -1.96. The summed E-state index contributed by atoms with van der Waals surface area (Å²) in [5.41, 5.74) is 10.5. The first kappa shape index (κ1) is 30.1. The van der Waals surface area contributed by atoms with Gasteiger partial charge in [0.25, 0.3) is 0 Å². The van der Waals surface area contributed by atoms with E-state index in [1.165, 1.54) is 73.6 Å². The molecular formula is C40H58O2. The van der Waals surface area contributed by atoms with Crippen LogP contribution in [0.15, 0.2) is 12.1 Å². The van der Waals surface area contributed by atoms with Gasteiger partial charge in [-0.15, -0.1) is 0 Å². The average molecular weight is 571 g/mol. The number of hydrogen-bond acceptors (Lipinski definition) is 2. The molecule has 2 saturated carbocycles. The summed E-state index contributed by atoms with van der Waals surface area (Å²) in [5, 5.41) is 24.4. The molecule has 0 bridgehead atoms. The zero-order valence-electron chi connectivity index (χ0n) is 28.4. The van der Waals surface area contributed by atoms with Crippen LogP contribution in [0, 0.1) is 22.7 Å². The van der Waals surface area contributed by atoms with Crippen LogP contribution in [-0.2, 0) is 23.7 Å². The third-order valence-corrected chi connectivity index (χ3v) is 13.4. The highest BCUT2D eigenvalue weighted by molar-refractivity contribution is 5.82. The Morgan fingerprint density at radius 3 is 1.29 bits per heavy atom. The third kappa shape index (κ3) is 4.16. The van der Waals surface area contributed by atoms with Crippen LogP contribution < -0.4 is 0 Å². The molecule has 230 valence electrons. The van der Waals surface area contributed by atoms with Crippen molar-refractivity contribution in [3.63, 3.8) is 0 Å². The van der Waals surface area contributed by atoms with Crippen LogP contribution in [0.4, 0.5) is 0 Å². The molecule has 2 unspecified atom stereocenters. The number of aromatic hydroxyl groups is 2. The zero-order valence-corrected chi connectivity index (χ0v) is 28.4. The summed E-state index contributed by atoms with van der Waals surface area (Å²) in [4.78, 5) is 0. The SMILES string of the molecule is CC(C)c1c(O)c(-c2cc3c(c(C(C)C)c2O)CCC2C(C)(C)CCC[C@]32C)cc2c1CCC1C(C)(C)CCC[C@]21C. The third-order valence-electron chi connectivity index (χ3n) is 13.4. The van der Waals surface area contributed by atoms with Gasteiger partial charge in [0.1, 0.15) is 11.5 Å². The van der Waals surface area contributed by atoms with Crippen LogP contribution in [0.3, 0.4) is 0 Å². The van der Waals surface area contributed by atoms with Crippen LogP contribution >= 0.6 is 0 Å². The lowest BCUT2D eigenvalue weighted by Gasteiger charge is -2.55. The minimum Gasteiger partial charge on any atom is -0.507 e. The molecule has 0 saturated heterocycles. The molecule has 2 N–H and O–H groups in total. The molecule has 0 aliphatic heterocycles. The molecule has 2 nitrogen and oxygen atoms in total. The van der Waals surface area contributed by atoms with Gasteiger partial charge in [-0.3, -0.25) is 0 Å². The van der Waals surface area contributed by atoms with Crippen LogP contribution in [0.1, 0.15) is 166 Å². The number of phenolic OH excluding ortho intramolecular Hbond substituents is 2. The first-order valence-electron chi connectivity index (χ1n) is 17.3. The van der Waals surface area contributed by atoms with Crippen molar-refractivity contribution in [1.29, 1.82) is 0 Å². The van der Waals surface area contributed by atoms with Crippen molar-refractivity contribution in [2.24, 2.45) is 22.7 Å². The molecule has 4 aliphatic rings. The molecular weight excluding hydrogens is 512 g/mol. The molecule has 4 atom stereocenters. The monoisotopic (exact) mass is 570 g/mol. The number of phenols is 2. The van der Waals surface area contributed by atoms with Gasteiger partial charge in [-0.25, -0.2) is 0 Å². The number of fused-ring (bicyclic) bond motifs is 6. The maximum absolute atomic E-state index is 12.2. The fourth-order valence-electron chi connectivity index (χ4n) is 11.6. The van der Waals surface area contributed by atoms with Gasteiger partial charge in [0, 0.05) is 22.3 Å². The lowest BCUT2D eigenvalue weighted by molar-refractivity contribution is 0.0402. The molecule has 0 heterocycles. The second kappa shape index (κ2) is 9.77. The molecule has 2 fully saturated rings. The maximum atomic E-state index is 12.2. The van der Waals surface area contributed by atoms with Gasteiger partial charge in [-0.1, -0.05) is 82.1 Å². The molecule has 2 aromatic carbocycles. The van der Waals surface area contributed by atoms with Crippen molar-refractivity contribution < 1.29 is 10.2 Å². The number of rotatable bonds is 3. The smallest absolute Gasteiger partial charge is 0.127 e. The van der Waals surface area contributed by atoms with E-state index >= 15 is 0 Å². The largest absolute Gasteiger partial charge is 0.507 e. The Morgan fingerprint density at radius 2 is 0.952 bits per heavy atom. The molecule has 4 aliphatic carbocycles. The van der Waals surface area contributed by atoms with E-state index in [0.29, 0.717) is 34.2 Å². The summed E-state index contributed by atoms with van der Waals surface area (Å²) in [5.74, 6) is 2.54. The Kier molecular flexibility index (Phi) is 7.00. The molecule has 0 aromatic heterocycles. The Morgan fingerprint density at radius 1 is 0.595 bits per heavy atom. The predicted molar refractivity (Wildman–Crippen MR) is 177 cm³/mol. The Bertz CT molecular complexity index is 1300. The summed E-state index contributed by atoms with van der Waals surface area (Å²) >= 11 is 0. The summed E-state index contributed by atoms with van der Waals surface area (Å²) in [6, 6.07) is 4.70. The van der Waals surface area contributed by atoms with E-state index < -0.39 is 0 Å². The summed E-state index contributed by atoms with van der Waals surface area (Å²) in [6.07, 6.45) is 12.0. The Labute approximate surface area is 256 Å². The molecule has 0 amide bonds. The van der Waals surface area contributed by atoms with E-state index in [4.69, 9.17) is 0 Å². The predicted octanol–water partition coefficient (Wildman–Crippen LogP) is 11.1. The lowest BCUT2D eigenvalue weighted by Crippen LogP contribution is -2.48. The molecule has 6 rings (SSSR count). The van der Waals surface area contributed by atoms with Crippen molar-refractivity contribution >= 4 is 0 Å². The first-order chi connectivity index (χ1) is 19.5. The van der Waals surface area contributed by atoms with Gasteiger partial charge < -0.3 is 10.2 Å². The molecule has 0 radical (unpaired) electrons. The van der Waals surface area contributed by atoms with E-state index in [-0.39, 0.29) is 22.7 Å². The fourth-order valence-corrected chi connectivity index (χ4v) is 11.6. The van der Waals surface area contributed by atoms with Crippen LogP contribution in [-0.4, -0.2) is 10.2 Å². The van der Waals surface area contributed by atoms with Gasteiger partial charge in [0.05, 0.1) is 0 Å². The van der Waals surface area contributed by atoms with Crippen molar-refractivity contribution in [3.8, 4) is 22.6 Å². The van der Waals surface area contributed by atoms with E-state index in [9.17, 15) is 10.2 Å². The highest BCUT2D eigenvalue weighted by Crippen LogP contribution is 2.62. The second-order valence-electron chi connectivity index (χ2n) is 17.4. The van der Waals surface area contributed by atoms with E-state index in [1.54, 1.807) is 0 Å². The summed E-state index contributed by atoms with van der Waals surface area (Å²) < 4.78 is 0. The van der Waals surface area contributed by atoms with E-state index in [1.807, 2.05) is 0 Å². The highest BCUT2D eigenvalue weighted by Gasteiger charge is 2.52. The first-order valence-corrected chi connectivity index (χ1v) is 17.3. The van der Waals surface area contributed by atoms with Gasteiger partial charge in [0.2, 0.25) is 0 Å². The van der Waals surface area contributed by atoms with Crippen molar-refractivity contribution in [1.82, 2.24) is 0 Å². The van der Waals surface area contributed by atoms with Crippen LogP contribution in [0.5, 0.6) is 11.5 Å². The van der Waals surface area contributed by atoms with E-state index in [0.717, 1.165) is 35.1 Å².